The fourth-order valence-corrected chi connectivity index (χ4v) is 4.88. The monoisotopic (exact) mass is 438 g/mol. The maximum Gasteiger partial charge on any atom is 0.248 e. The SMILES string of the molecule is NC(=O)c1ccc2c(c1)CCc1cccnc1C2=C1CCN(C(=O)Cc2ccncc2)CC1. The topological polar surface area (TPSA) is 89.2 Å². The van der Waals surface area contributed by atoms with Gasteiger partial charge in [0.15, 0.2) is 0 Å². The van der Waals surface area contributed by atoms with Crippen LogP contribution in [0.15, 0.2) is 66.6 Å². The summed E-state index contributed by atoms with van der Waals surface area (Å²) in [4.78, 5) is 35.3. The summed E-state index contributed by atoms with van der Waals surface area (Å²) in [6.45, 7) is 1.39. The van der Waals surface area contributed by atoms with E-state index in [1.165, 1.54) is 11.1 Å². The van der Waals surface area contributed by atoms with Crippen LogP contribution in [-0.2, 0) is 24.1 Å². The number of hydrogen-bond acceptors (Lipinski definition) is 4. The van der Waals surface area contributed by atoms with E-state index in [1.54, 1.807) is 12.4 Å². The molecule has 2 N–H and O–H groups in total. The molecule has 2 aromatic heterocycles. The zero-order chi connectivity index (χ0) is 22.8. The molecule has 2 aliphatic rings. The van der Waals surface area contributed by atoms with Crippen molar-refractivity contribution in [3.8, 4) is 0 Å². The Hall–Kier alpha value is -3.80. The number of nitrogens with two attached hydrogens (primary N) is 1. The fraction of sp³-hybridized carbons (Fsp3) is 0.259. The minimum absolute atomic E-state index is 0.149. The highest BCUT2D eigenvalue weighted by atomic mass is 16.2. The van der Waals surface area contributed by atoms with E-state index in [0.29, 0.717) is 25.1 Å². The number of amides is 2. The highest BCUT2D eigenvalue weighted by Crippen LogP contribution is 2.38. The first-order chi connectivity index (χ1) is 16.1. The smallest absolute Gasteiger partial charge is 0.248 e. The number of pyridine rings is 2. The molecule has 5 rings (SSSR count). The summed E-state index contributed by atoms with van der Waals surface area (Å²) >= 11 is 0. The van der Waals surface area contributed by atoms with Gasteiger partial charge in [-0.15, -0.1) is 0 Å². The van der Waals surface area contributed by atoms with Crippen LogP contribution in [0.25, 0.3) is 5.57 Å². The third-order valence-electron chi connectivity index (χ3n) is 6.63. The third kappa shape index (κ3) is 4.29. The Morgan fingerprint density at radius 3 is 2.42 bits per heavy atom. The number of primary amides is 1. The van der Waals surface area contributed by atoms with Gasteiger partial charge in [0.25, 0.3) is 0 Å². The molecule has 1 aliphatic heterocycles. The Balaban J connectivity index is 1.46. The number of aromatic nitrogens is 2. The van der Waals surface area contributed by atoms with Crippen LogP contribution in [0.2, 0.25) is 0 Å². The van der Waals surface area contributed by atoms with Gasteiger partial charge in [-0.1, -0.05) is 17.7 Å². The molecule has 0 spiro atoms. The maximum absolute atomic E-state index is 12.8. The van der Waals surface area contributed by atoms with Crippen molar-refractivity contribution in [2.24, 2.45) is 5.73 Å². The molecule has 0 radical (unpaired) electrons. The molecule has 1 fully saturated rings. The summed E-state index contributed by atoms with van der Waals surface area (Å²) < 4.78 is 0. The molecule has 6 heteroatoms. The van der Waals surface area contributed by atoms with Crippen molar-refractivity contribution in [2.45, 2.75) is 32.1 Å². The Kier molecular flexibility index (Phi) is 5.73. The highest BCUT2D eigenvalue weighted by molar-refractivity contribution is 5.94. The van der Waals surface area contributed by atoms with Crippen molar-refractivity contribution < 1.29 is 9.59 Å². The molecular formula is C27H26N4O2. The van der Waals surface area contributed by atoms with Crippen LogP contribution >= 0.6 is 0 Å². The Morgan fingerprint density at radius 1 is 0.909 bits per heavy atom. The minimum atomic E-state index is -0.409. The molecule has 0 bridgehead atoms. The quantitative estimate of drug-likeness (QED) is 0.679. The number of fused-ring (bicyclic) bond motifs is 2. The summed E-state index contributed by atoms with van der Waals surface area (Å²) in [5.41, 5.74) is 14.0. The van der Waals surface area contributed by atoms with Crippen molar-refractivity contribution in [3.63, 3.8) is 0 Å². The van der Waals surface area contributed by atoms with Gasteiger partial charge >= 0.3 is 0 Å². The number of aryl methyl sites for hydroxylation is 2. The normalized spacial score (nSPS) is 15.5. The predicted octanol–water partition coefficient (Wildman–Crippen LogP) is 3.34. The first-order valence-electron chi connectivity index (χ1n) is 11.4. The maximum atomic E-state index is 12.8. The van der Waals surface area contributed by atoms with Crippen molar-refractivity contribution in [3.05, 3.63) is 100 Å². The number of piperidine rings is 1. The lowest BCUT2D eigenvalue weighted by Crippen LogP contribution is -2.37. The average molecular weight is 439 g/mol. The fourth-order valence-electron chi connectivity index (χ4n) is 4.88. The van der Waals surface area contributed by atoms with Crippen LogP contribution in [0.3, 0.4) is 0 Å². The highest BCUT2D eigenvalue weighted by Gasteiger charge is 2.26. The lowest BCUT2D eigenvalue weighted by atomic mass is 9.88. The van der Waals surface area contributed by atoms with Gasteiger partial charge in [0.05, 0.1) is 12.1 Å². The molecular weight excluding hydrogens is 412 g/mol. The summed E-state index contributed by atoms with van der Waals surface area (Å²) in [7, 11) is 0. The van der Waals surface area contributed by atoms with Crippen LogP contribution in [-0.4, -0.2) is 39.8 Å². The number of rotatable bonds is 3. The zero-order valence-electron chi connectivity index (χ0n) is 18.5. The number of hydrogen-bond donors (Lipinski definition) is 1. The molecule has 1 saturated heterocycles. The number of nitrogens with zero attached hydrogens (tertiary/aromatic N) is 3. The summed E-state index contributed by atoms with van der Waals surface area (Å²) in [6.07, 6.45) is 9.01. The molecule has 1 aliphatic carbocycles. The molecule has 33 heavy (non-hydrogen) atoms. The van der Waals surface area contributed by atoms with Gasteiger partial charge in [-0.3, -0.25) is 19.6 Å². The number of carbonyl (C=O) groups is 2. The number of benzene rings is 1. The van der Waals surface area contributed by atoms with E-state index in [9.17, 15) is 9.59 Å². The van der Waals surface area contributed by atoms with E-state index >= 15 is 0 Å². The molecule has 3 aromatic rings. The van der Waals surface area contributed by atoms with Gasteiger partial charge in [-0.2, -0.15) is 0 Å². The van der Waals surface area contributed by atoms with Gasteiger partial charge in [0.2, 0.25) is 11.8 Å². The van der Waals surface area contributed by atoms with Crippen LogP contribution in [0.1, 0.15) is 51.1 Å². The molecule has 6 nitrogen and oxygen atoms in total. The van der Waals surface area contributed by atoms with Crippen LogP contribution in [0, 0.1) is 0 Å². The van der Waals surface area contributed by atoms with Crippen molar-refractivity contribution in [1.29, 1.82) is 0 Å². The lowest BCUT2D eigenvalue weighted by Gasteiger charge is -2.30. The van der Waals surface area contributed by atoms with Gasteiger partial charge in [-0.25, -0.2) is 0 Å². The second-order valence-electron chi connectivity index (χ2n) is 8.64. The standard InChI is InChI=1S/C27H26N4O2/c28-27(33)22-5-6-23-21(17-22)4-3-20-2-1-11-30-26(20)25(23)19-9-14-31(15-10-19)24(32)16-18-7-12-29-13-8-18/h1-2,5-8,11-13,17H,3-4,9-10,14-16H2,(H2,28,33). The summed E-state index contributed by atoms with van der Waals surface area (Å²) in [6, 6.07) is 13.6. The summed E-state index contributed by atoms with van der Waals surface area (Å²) in [5.74, 6) is -0.260. The van der Waals surface area contributed by atoms with Gasteiger partial charge in [-0.05, 0) is 78.3 Å². The van der Waals surface area contributed by atoms with Crippen LogP contribution in [0.5, 0.6) is 0 Å². The van der Waals surface area contributed by atoms with Crippen LogP contribution < -0.4 is 5.73 Å². The van der Waals surface area contributed by atoms with Gasteiger partial charge in [0, 0.05) is 42.8 Å². The molecule has 3 heterocycles. The van der Waals surface area contributed by atoms with E-state index < -0.39 is 5.91 Å². The Labute approximate surface area is 193 Å². The predicted molar refractivity (Wildman–Crippen MR) is 126 cm³/mol. The van der Waals surface area contributed by atoms with Crippen molar-refractivity contribution >= 4 is 17.4 Å². The molecule has 1 aromatic carbocycles. The first-order valence-corrected chi connectivity index (χ1v) is 11.4. The molecule has 166 valence electrons. The van der Waals surface area contributed by atoms with Crippen molar-refractivity contribution in [2.75, 3.05) is 13.1 Å². The van der Waals surface area contributed by atoms with E-state index in [2.05, 4.69) is 11.1 Å². The van der Waals surface area contributed by atoms with E-state index in [-0.39, 0.29) is 5.91 Å². The third-order valence-corrected chi connectivity index (χ3v) is 6.63. The molecule has 0 unspecified atom stereocenters. The lowest BCUT2D eigenvalue weighted by molar-refractivity contribution is -0.130. The number of carbonyl (C=O) groups excluding carboxylic acids is 2. The zero-order valence-corrected chi connectivity index (χ0v) is 18.5. The first kappa shape index (κ1) is 21.1. The molecule has 2 amide bonds. The minimum Gasteiger partial charge on any atom is -0.366 e. The van der Waals surface area contributed by atoms with Gasteiger partial charge in [0.1, 0.15) is 0 Å². The molecule has 0 saturated carbocycles. The average Bonchev–Trinajstić information content (AvgIpc) is 3.01. The second-order valence-corrected chi connectivity index (χ2v) is 8.64. The summed E-state index contributed by atoms with van der Waals surface area (Å²) in [5, 5.41) is 0. The Bertz CT molecular complexity index is 1240. The van der Waals surface area contributed by atoms with Crippen molar-refractivity contribution in [1.82, 2.24) is 14.9 Å². The van der Waals surface area contributed by atoms with E-state index in [0.717, 1.165) is 53.6 Å². The largest absolute Gasteiger partial charge is 0.366 e. The van der Waals surface area contributed by atoms with Crippen LogP contribution in [0.4, 0.5) is 0 Å². The Morgan fingerprint density at radius 2 is 1.67 bits per heavy atom. The van der Waals surface area contributed by atoms with E-state index in [1.807, 2.05) is 47.5 Å². The molecule has 0 atom stereocenters. The number of likely N-dealkylation sites (tertiary alicyclic amines) is 1. The van der Waals surface area contributed by atoms with E-state index in [4.69, 9.17) is 10.7 Å². The second kappa shape index (κ2) is 8.98. The van der Waals surface area contributed by atoms with Gasteiger partial charge < -0.3 is 10.6 Å².